The van der Waals surface area contributed by atoms with E-state index in [9.17, 15) is 9.59 Å². The number of anilines is 1. The Morgan fingerprint density at radius 1 is 0.860 bits per heavy atom. The summed E-state index contributed by atoms with van der Waals surface area (Å²) in [7, 11) is 0. The summed E-state index contributed by atoms with van der Waals surface area (Å²) >= 11 is 0. The molecule has 2 aromatic rings. The molecule has 4 rings (SSSR count). The first kappa shape index (κ1) is 34.3. The Balaban J connectivity index is 0.000000236. The molecule has 6 heteroatoms. The molecule has 2 N–H and O–H groups in total. The van der Waals surface area contributed by atoms with E-state index in [1.165, 1.54) is 19.3 Å². The van der Waals surface area contributed by atoms with E-state index in [1.54, 1.807) is 6.20 Å². The fourth-order valence-electron chi connectivity index (χ4n) is 7.03. The van der Waals surface area contributed by atoms with Crippen LogP contribution in [-0.4, -0.2) is 23.3 Å². The van der Waals surface area contributed by atoms with Crippen LogP contribution in [0.3, 0.4) is 0 Å². The van der Waals surface area contributed by atoms with Gasteiger partial charge in [0.1, 0.15) is 0 Å². The Morgan fingerprint density at radius 3 is 1.95 bits per heavy atom. The second kappa shape index (κ2) is 17.2. The Kier molecular flexibility index (Phi) is 13.7. The van der Waals surface area contributed by atoms with Crippen molar-refractivity contribution in [3.63, 3.8) is 0 Å². The lowest BCUT2D eigenvalue weighted by Crippen LogP contribution is -2.40. The number of hydrogen-bond donors (Lipinski definition) is 2. The lowest BCUT2D eigenvalue weighted by molar-refractivity contribution is -0.129. The van der Waals surface area contributed by atoms with Crippen molar-refractivity contribution in [1.82, 2.24) is 10.3 Å². The Hall–Kier alpha value is -3.20. The van der Waals surface area contributed by atoms with E-state index in [2.05, 4.69) is 63.2 Å². The van der Waals surface area contributed by atoms with Crippen molar-refractivity contribution < 1.29 is 9.59 Å². The number of carbonyl (C=O) groups excluding carboxylic acids is 2. The first-order chi connectivity index (χ1) is 20.6. The molecule has 0 radical (unpaired) electrons. The summed E-state index contributed by atoms with van der Waals surface area (Å²) in [6.45, 7) is 14.1. The van der Waals surface area contributed by atoms with Gasteiger partial charge in [0.15, 0.2) is 0 Å². The molecule has 1 heterocycles. The molecular formula is C37H54N4O2. The molecule has 1 aromatic heterocycles. The number of hydrogen-bond acceptors (Lipinski definition) is 4. The first-order valence-electron chi connectivity index (χ1n) is 16.5. The highest BCUT2D eigenvalue weighted by Gasteiger charge is 2.36. The van der Waals surface area contributed by atoms with E-state index in [4.69, 9.17) is 5.26 Å². The maximum absolute atomic E-state index is 12.7. The van der Waals surface area contributed by atoms with E-state index < -0.39 is 0 Å². The summed E-state index contributed by atoms with van der Waals surface area (Å²) in [6.07, 6.45) is 9.88. The lowest BCUT2D eigenvalue weighted by atomic mass is 9.70. The van der Waals surface area contributed by atoms with Crippen molar-refractivity contribution >= 4 is 17.5 Å². The summed E-state index contributed by atoms with van der Waals surface area (Å²) in [6, 6.07) is 15.6. The summed E-state index contributed by atoms with van der Waals surface area (Å²) in [5, 5.41) is 14.9. The quantitative estimate of drug-likeness (QED) is 0.313. The van der Waals surface area contributed by atoms with Crippen LogP contribution in [0.15, 0.2) is 48.7 Å². The smallest absolute Gasteiger partial charge is 0.227 e. The van der Waals surface area contributed by atoms with Crippen LogP contribution in [0.25, 0.3) is 0 Å². The fourth-order valence-corrected chi connectivity index (χ4v) is 7.03. The van der Waals surface area contributed by atoms with Gasteiger partial charge in [0, 0.05) is 42.4 Å². The average Bonchev–Trinajstić information content (AvgIpc) is 2.98. The summed E-state index contributed by atoms with van der Waals surface area (Å²) in [5.41, 5.74) is 2.84. The van der Waals surface area contributed by atoms with Gasteiger partial charge in [-0.3, -0.25) is 14.6 Å². The molecule has 234 valence electrons. The highest BCUT2D eigenvalue weighted by Crippen LogP contribution is 2.39. The molecule has 43 heavy (non-hydrogen) atoms. The van der Waals surface area contributed by atoms with Gasteiger partial charge in [-0.05, 0) is 91.0 Å². The molecule has 6 atom stereocenters. The van der Waals surface area contributed by atoms with Crippen LogP contribution in [0.2, 0.25) is 0 Å². The number of nitriles is 1. The Bertz CT molecular complexity index is 1170. The van der Waals surface area contributed by atoms with Crippen molar-refractivity contribution in [2.45, 2.75) is 92.9 Å². The molecule has 2 aliphatic carbocycles. The zero-order chi connectivity index (χ0) is 31.4. The first-order valence-corrected chi connectivity index (χ1v) is 16.5. The number of nitrogens with one attached hydrogen (secondary N) is 2. The molecule has 1 aromatic carbocycles. The van der Waals surface area contributed by atoms with Crippen LogP contribution in [0.5, 0.6) is 0 Å². The molecule has 2 amide bonds. The summed E-state index contributed by atoms with van der Waals surface area (Å²) < 4.78 is 0. The van der Waals surface area contributed by atoms with Gasteiger partial charge in [-0.15, -0.1) is 0 Å². The fraction of sp³-hybridized carbons (Fsp3) is 0.622. The van der Waals surface area contributed by atoms with Gasteiger partial charge in [-0.1, -0.05) is 72.6 Å². The molecule has 0 spiro atoms. The number of rotatable bonds is 9. The largest absolute Gasteiger partial charge is 0.355 e. The number of pyridine rings is 1. The minimum Gasteiger partial charge on any atom is -0.355 e. The van der Waals surface area contributed by atoms with E-state index in [0.29, 0.717) is 48.5 Å². The molecule has 2 fully saturated rings. The number of amides is 2. The van der Waals surface area contributed by atoms with Crippen molar-refractivity contribution in [1.29, 1.82) is 5.26 Å². The van der Waals surface area contributed by atoms with E-state index in [1.807, 2.05) is 42.5 Å². The van der Waals surface area contributed by atoms with Crippen LogP contribution >= 0.6 is 0 Å². The van der Waals surface area contributed by atoms with Crippen LogP contribution in [-0.2, 0) is 22.4 Å². The normalized spacial score (nSPS) is 25.3. The minimum atomic E-state index is 0.113. The van der Waals surface area contributed by atoms with Gasteiger partial charge >= 0.3 is 0 Å². The second-order valence-corrected chi connectivity index (χ2v) is 13.7. The number of nitrogens with zero attached hydrogens (tertiary/aromatic N) is 2. The lowest BCUT2D eigenvalue weighted by Gasteiger charge is -2.36. The van der Waals surface area contributed by atoms with Crippen molar-refractivity contribution in [2.75, 3.05) is 11.9 Å². The predicted molar refractivity (Wildman–Crippen MR) is 175 cm³/mol. The summed E-state index contributed by atoms with van der Waals surface area (Å²) in [4.78, 5) is 29.5. The maximum Gasteiger partial charge on any atom is 0.227 e. The van der Waals surface area contributed by atoms with Gasteiger partial charge in [0.25, 0.3) is 0 Å². The molecule has 0 aliphatic heterocycles. The predicted octanol–water partition coefficient (Wildman–Crippen LogP) is 7.85. The van der Waals surface area contributed by atoms with Crippen LogP contribution in [0.4, 0.5) is 5.69 Å². The zero-order valence-corrected chi connectivity index (χ0v) is 27.3. The monoisotopic (exact) mass is 586 g/mol. The van der Waals surface area contributed by atoms with Crippen LogP contribution in [0, 0.1) is 58.7 Å². The van der Waals surface area contributed by atoms with E-state index >= 15 is 0 Å². The topological polar surface area (TPSA) is 94.9 Å². The zero-order valence-electron chi connectivity index (χ0n) is 27.3. The third kappa shape index (κ3) is 10.8. The van der Waals surface area contributed by atoms with E-state index in [-0.39, 0.29) is 23.7 Å². The van der Waals surface area contributed by atoms with Crippen molar-refractivity contribution in [2.24, 2.45) is 47.3 Å². The molecule has 0 unspecified atom stereocenters. The number of aromatic nitrogens is 1. The summed E-state index contributed by atoms with van der Waals surface area (Å²) in [5.74, 6) is 4.15. The highest BCUT2D eigenvalue weighted by molar-refractivity contribution is 5.92. The van der Waals surface area contributed by atoms with Gasteiger partial charge in [-0.25, -0.2) is 0 Å². The Labute approximate surface area is 260 Å². The average molecular weight is 587 g/mol. The Morgan fingerprint density at radius 2 is 1.44 bits per heavy atom. The molecule has 6 nitrogen and oxygen atoms in total. The van der Waals surface area contributed by atoms with E-state index in [0.717, 1.165) is 42.6 Å². The van der Waals surface area contributed by atoms with Crippen LogP contribution < -0.4 is 10.6 Å². The van der Waals surface area contributed by atoms with Gasteiger partial charge in [0.05, 0.1) is 12.5 Å². The standard InChI is InChI=1S/C19H26N2O.C18H28N2O/c1-13(2)17-9-4-14(3)12-18(17)19(22)21-16-7-5-15(6-8-16)10-11-20;1-13(2)16-8-7-14(3)12-17(16)18(21)20-11-9-15-6-4-5-10-19-15/h5-8,13-14,17-18H,4,9-10,12H2,1-3H3,(H,21,22);4-6,10,13-14,16-17H,7-9,11-12H2,1-3H3,(H,20,21)/t14-,17+,18-;14-,16+,17-/m11/s1. The van der Waals surface area contributed by atoms with Crippen molar-refractivity contribution in [3.8, 4) is 6.07 Å². The highest BCUT2D eigenvalue weighted by atomic mass is 16.2. The van der Waals surface area contributed by atoms with Gasteiger partial charge < -0.3 is 10.6 Å². The van der Waals surface area contributed by atoms with Crippen LogP contribution in [0.1, 0.15) is 91.3 Å². The molecule has 2 saturated carbocycles. The molecule has 0 bridgehead atoms. The number of benzene rings is 1. The third-order valence-corrected chi connectivity index (χ3v) is 9.63. The molecular weight excluding hydrogens is 532 g/mol. The number of carbonyl (C=O) groups is 2. The third-order valence-electron chi connectivity index (χ3n) is 9.63. The minimum absolute atomic E-state index is 0.113. The van der Waals surface area contributed by atoms with Crippen molar-refractivity contribution in [3.05, 3.63) is 59.9 Å². The molecule has 2 aliphatic rings. The molecule has 0 saturated heterocycles. The van der Waals surface area contributed by atoms with Gasteiger partial charge in [-0.2, -0.15) is 5.26 Å². The second-order valence-electron chi connectivity index (χ2n) is 13.7. The maximum atomic E-state index is 12.7. The SMILES string of the molecule is CC(C)[C@@H]1CC[C@@H](C)C[C@H]1C(=O)NCCc1ccccn1.CC(C)[C@@H]1CC[C@@H](C)C[C@H]1C(=O)Nc1ccc(CC#N)cc1. The van der Waals surface area contributed by atoms with Gasteiger partial charge in [0.2, 0.25) is 11.8 Å².